The molecule has 0 bridgehead atoms. The van der Waals surface area contributed by atoms with Crippen LogP contribution in [0.2, 0.25) is 0 Å². The number of fused-ring (bicyclic) bond motifs is 1. The molecule has 7 heteroatoms. The molecule has 0 saturated carbocycles. The van der Waals surface area contributed by atoms with Gasteiger partial charge in [0.15, 0.2) is 0 Å². The summed E-state index contributed by atoms with van der Waals surface area (Å²) in [6.45, 7) is 1.79. The number of benzene rings is 3. The highest BCUT2D eigenvalue weighted by atomic mass is 32.1. The van der Waals surface area contributed by atoms with Crippen LogP contribution in [-0.2, 0) is 4.79 Å². The molecule has 4 rings (SSSR count). The van der Waals surface area contributed by atoms with Crippen molar-refractivity contribution in [3.8, 4) is 10.6 Å². The molecule has 4 N–H and O–H groups in total. The summed E-state index contributed by atoms with van der Waals surface area (Å²) in [5.41, 5.74) is 9.03. The summed E-state index contributed by atoms with van der Waals surface area (Å²) in [6.07, 6.45) is 0. The third-order valence-electron chi connectivity index (χ3n) is 4.62. The van der Waals surface area contributed by atoms with E-state index in [4.69, 9.17) is 10.7 Å². The summed E-state index contributed by atoms with van der Waals surface area (Å²) in [4.78, 5) is 28.4. The fourth-order valence-electron chi connectivity index (χ4n) is 3.02. The number of amides is 2. The highest BCUT2D eigenvalue weighted by Crippen LogP contribution is 2.31. The number of nitrogens with zero attached hydrogens (tertiary/aromatic N) is 1. The van der Waals surface area contributed by atoms with Crippen LogP contribution in [0.4, 0.5) is 11.4 Å². The summed E-state index contributed by atoms with van der Waals surface area (Å²) >= 11 is 1.64. The Labute approximate surface area is 177 Å². The first kappa shape index (κ1) is 19.6. The van der Waals surface area contributed by atoms with Crippen molar-refractivity contribution >= 4 is 44.7 Å². The predicted octanol–water partition coefficient (Wildman–Crippen LogP) is 4.50. The second-order valence-electron chi connectivity index (χ2n) is 6.86. The van der Waals surface area contributed by atoms with Gasteiger partial charge in [0.1, 0.15) is 11.0 Å². The Bertz CT molecular complexity index is 1180. The number of thiazole rings is 1. The van der Waals surface area contributed by atoms with Crippen molar-refractivity contribution < 1.29 is 9.59 Å². The van der Waals surface area contributed by atoms with Gasteiger partial charge < -0.3 is 16.4 Å². The molecular weight excluding hydrogens is 396 g/mol. The molecule has 0 spiro atoms. The number of hydrogen-bond acceptors (Lipinski definition) is 5. The average molecular weight is 417 g/mol. The lowest BCUT2D eigenvalue weighted by Gasteiger charge is -2.16. The van der Waals surface area contributed by atoms with Gasteiger partial charge >= 0.3 is 0 Å². The number of rotatable bonds is 6. The van der Waals surface area contributed by atoms with Crippen LogP contribution in [-0.4, -0.2) is 22.8 Å². The first-order valence-electron chi connectivity index (χ1n) is 9.43. The van der Waals surface area contributed by atoms with E-state index in [1.807, 2.05) is 42.5 Å². The van der Waals surface area contributed by atoms with Crippen LogP contribution in [0.1, 0.15) is 17.3 Å². The summed E-state index contributed by atoms with van der Waals surface area (Å²) < 4.78 is 1.14. The number of anilines is 2. The predicted molar refractivity (Wildman–Crippen MR) is 122 cm³/mol. The number of hydrogen-bond donors (Lipinski definition) is 3. The minimum atomic E-state index is -0.504. The third-order valence-corrected chi connectivity index (χ3v) is 5.70. The molecule has 1 heterocycles. The molecule has 0 aliphatic heterocycles. The Hall–Kier alpha value is -3.71. The number of primary amides is 1. The SMILES string of the molecule is C[C@@H](Nc1cccc(-c2nc3ccccc3s2)c1)C(=O)Nc1ccc(C(N)=O)cc1. The van der Waals surface area contributed by atoms with Crippen LogP contribution >= 0.6 is 11.3 Å². The van der Waals surface area contributed by atoms with Gasteiger partial charge in [-0.1, -0.05) is 24.3 Å². The minimum absolute atomic E-state index is 0.188. The van der Waals surface area contributed by atoms with Crippen LogP contribution in [0, 0.1) is 0 Å². The zero-order chi connectivity index (χ0) is 21.1. The molecule has 0 saturated heterocycles. The molecular formula is C23H20N4O2S. The maximum atomic E-state index is 12.5. The maximum absolute atomic E-state index is 12.5. The highest BCUT2D eigenvalue weighted by Gasteiger charge is 2.14. The first-order valence-corrected chi connectivity index (χ1v) is 10.2. The Kier molecular flexibility index (Phi) is 5.45. The largest absolute Gasteiger partial charge is 0.374 e. The zero-order valence-electron chi connectivity index (χ0n) is 16.3. The molecule has 0 radical (unpaired) electrons. The number of aromatic nitrogens is 1. The zero-order valence-corrected chi connectivity index (χ0v) is 17.1. The van der Waals surface area contributed by atoms with Gasteiger partial charge in [0.2, 0.25) is 11.8 Å². The molecule has 0 unspecified atom stereocenters. The van der Waals surface area contributed by atoms with Gasteiger partial charge in [0.05, 0.1) is 10.2 Å². The van der Waals surface area contributed by atoms with E-state index in [-0.39, 0.29) is 5.91 Å². The van der Waals surface area contributed by atoms with Crippen LogP contribution in [0.15, 0.2) is 72.8 Å². The van der Waals surface area contributed by atoms with E-state index in [0.717, 1.165) is 26.5 Å². The van der Waals surface area contributed by atoms with E-state index in [9.17, 15) is 9.59 Å². The molecule has 3 aromatic carbocycles. The highest BCUT2D eigenvalue weighted by molar-refractivity contribution is 7.21. The lowest BCUT2D eigenvalue weighted by atomic mass is 10.1. The lowest BCUT2D eigenvalue weighted by Crippen LogP contribution is -2.31. The van der Waals surface area contributed by atoms with E-state index in [2.05, 4.69) is 16.7 Å². The Morgan fingerprint density at radius 1 is 0.967 bits per heavy atom. The van der Waals surface area contributed by atoms with Gasteiger partial charge in [-0.2, -0.15) is 0 Å². The minimum Gasteiger partial charge on any atom is -0.374 e. The van der Waals surface area contributed by atoms with Crippen molar-refractivity contribution in [2.45, 2.75) is 13.0 Å². The topological polar surface area (TPSA) is 97.1 Å². The van der Waals surface area contributed by atoms with Crippen molar-refractivity contribution in [1.29, 1.82) is 0 Å². The van der Waals surface area contributed by atoms with Gasteiger partial charge in [-0.05, 0) is 55.5 Å². The van der Waals surface area contributed by atoms with Crippen LogP contribution in [0.25, 0.3) is 20.8 Å². The second-order valence-corrected chi connectivity index (χ2v) is 7.90. The third kappa shape index (κ3) is 4.31. The van der Waals surface area contributed by atoms with Crippen LogP contribution in [0.3, 0.4) is 0 Å². The van der Waals surface area contributed by atoms with E-state index < -0.39 is 11.9 Å². The molecule has 30 heavy (non-hydrogen) atoms. The molecule has 150 valence electrons. The Morgan fingerprint density at radius 2 is 1.73 bits per heavy atom. The van der Waals surface area contributed by atoms with Gasteiger partial charge in [0, 0.05) is 22.5 Å². The molecule has 0 aliphatic carbocycles. The molecule has 4 aromatic rings. The van der Waals surface area contributed by atoms with Gasteiger partial charge in [-0.3, -0.25) is 9.59 Å². The number of carbonyl (C=O) groups is 2. The Balaban J connectivity index is 1.45. The quantitative estimate of drug-likeness (QED) is 0.431. The molecule has 0 fully saturated rings. The molecule has 1 atom stereocenters. The first-order chi connectivity index (χ1) is 14.5. The van der Waals surface area contributed by atoms with Gasteiger partial charge in [-0.25, -0.2) is 4.98 Å². The number of nitrogens with two attached hydrogens (primary N) is 1. The fraction of sp³-hybridized carbons (Fsp3) is 0.0870. The molecule has 1 aromatic heterocycles. The van der Waals surface area contributed by atoms with E-state index in [1.165, 1.54) is 0 Å². The molecule has 0 aliphatic rings. The van der Waals surface area contributed by atoms with Crippen molar-refractivity contribution in [2.24, 2.45) is 5.73 Å². The van der Waals surface area contributed by atoms with E-state index >= 15 is 0 Å². The van der Waals surface area contributed by atoms with Crippen molar-refractivity contribution in [2.75, 3.05) is 10.6 Å². The summed E-state index contributed by atoms with van der Waals surface area (Å²) in [5.74, 6) is -0.692. The number of carbonyl (C=O) groups excluding carboxylic acids is 2. The fourth-order valence-corrected chi connectivity index (χ4v) is 3.98. The standard InChI is InChI=1S/C23H20N4O2S/c1-14(22(29)26-17-11-9-15(10-12-17)21(24)28)25-18-6-4-5-16(13-18)23-27-19-7-2-3-8-20(19)30-23/h2-14,25H,1H3,(H2,24,28)(H,26,29)/t14-/m1/s1. The maximum Gasteiger partial charge on any atom is 0.248 e. The number of para-hydroxylation sites is 1. The van der Waals surface area contributed by atoms with Crippen molar-refractivity contribution in [3.05, 3.63) is 78.4 Å². The lowest BCUT2D eigenvalue weighted by molar-refractivity contribution is -0.116. The van der Waals surface area contributed by atoms with Crippen LogP contribution < -0.4 is 16.4 Å². The molecule has 2 amide bonds. The second kappa shape index (κ2) is 8.34. The monoisotopic (exact) mass is 416 g/mol. The number of nitrogens with one attached hydrogen (secondary N) is 2. The normalized spacial score (nSPS) is 11.8. The Morgan fingerprint density at radius 3 is 2.47 bits per heavy atom. The van der Waals surface area contributed by atoms with Crippen molar-refractivity contribution in [3.63, 3.8) is 0 Å². The van der Waals surface area contributed by atoms with Crippen LogP contribution in [0.5, 0.6) is 0 Å². The van der Waals surface area contributed by atoms with Crippen molar-refractivity contribution in [1.82, 2.24) is 4.98 Å². The van der Waals surface area contributed by atoms with E-state index in [1.54, 1.807) is 42.5 Å². The van der Waals surface area contributed by atoms with Gasteiger partial charge in [-0.15, -0.1) is 11.3 Å². The summed E-state index contributed by atoms with van der Waals surface area (Å²) in [5, 5.41) is 6.99. The average Bonchev–Trinajstić information content (AvgIpc) is 3.18. The summed E-state index contributed by atoms with van der Waals surface area (Å²) in [7, 11) is 0. The smallest absolute Gasteiger partial charge is 0.248 e. The van der Waals surface area contributed by atoms with E-state index in [0.29, 0.717) is 11.3 Å². The summed E-state index contributed by atoms with van der Waals surface area (Å²) in [6, 6.07) is 21.9. The molecule has 6 nitrogen and oxygen atoms in total. The van der Waals surface area contributed by atoms with Gasteiger partial charge in [0.25, 0.3) is 0 Å².